The summed E-state index contributed by atoms with van der Waals surface area (Å²) in [6, 6.07) is 1.82. The third-order valence-electron chi connectivity index (χ3n) is 2.53. The number of nitrogens with two attached hydrogens (primary N) is 1. The van der Waals surface area contributed by atoms with Crippen LogP contribution < -0.4 is 11.1 Å². The van der Waals surface area contributed by atoms with Gasteiger partial charge in [-0.05, 0) is 38.3 Å². The highest BCUT2D eigenvalue weighted by atomic mass is 16.5. The van der Waals surface area contributed by atoms with Gasteiger partial charge in [-0.1, -0.05) is 5.16 Å². The lowest BCUT2D eigenvalue weighted by atomic mass is 9.93. The zero-order valence-corrected chi connectivity index (χ0v) is 7.62. The Morgan fingerprint density at radius 1 is 1.54 bits per heavy atom. The van der Waals surface area contributed by atoms with E-state index >= 15 is 0 Å². The van der Waals surface area contributed by atoms with E-state index in [4.69, 9.17) is 10.3 Å². The summed E-state index contributed by atoms with van der Waals surface area (Å²) in [6.45, 7) is 2.25. The standard InChI is InChI=1S/C9H15N3O/c10-9-6-8(12-13-9)5-7-1-3-11-4-2-7/h6-7,11H,1-5,10H2. The van der Waals surface area contributed by atoms with Crippen LogP contribution in [0.4, 0.5) is 5.88 Å². The lowest BCUT2D eigenvalue weighted by Gasteiger charge is -2.21. The highest BCUT2D eigenvalue weighted by Crippen LogP contribution is 2.18. The van der Waals surface area contributed by atoms with Crippen molar-refractivity contribution in [2.75, 3.05) is 18.8 Å². The molecule has 0 saturated carbocycles. The van der Waals surface area contributed by atoms with Gasteiger partial charge in [0.15, 0.2) is 0 Å². The van der Waals surface area contributed by atoms with Crippen LogP contribution in [0.2, 0.25) is 0 Å². The number of nitrogen functional groups attached to an aromatic ring is 1. The minimum atomic E-state index is 0.420. The van der Waals surface area contributed by atoms with Crippen LogP contribution in [0.25, 0.3) is 0 Å². The summed E-state index contributed by atoms with van der Waals surface area (Å²) in [6.07, 6.45) is 3.46. The average molecular weight is 181 g/mol. The molecule has 0 radical (unpaired) electrons. The van der Waals surface area contributed by atoms with E-state index in [0.717, 1.165) is 31.1 Å². The Morgan fingerprint density at radius 3 is 2.92 bits per heavy atom. The van der Waals surface area contributed by atoms with Crippen molar-refractivity contribution < 1.29 is 4.52 Å². The van der Waals surface area contributed by atoms with E-state index in [1.807, 2.05) is 6.07 Å². The van der Waals surface area contributed by atoms with Gasteiger partial charge in [-0.2, -0.15) is 0 Å². The Labute approximate surface area is 77.5 Å². The van der Waals surface area contributed by atoms with E-state index in [-0.39, 0.29) is 0 Å². The van der Waals surface area contributed by atoms with E-state index in [2.05, 4.69) is 10.5 Å². The summed E-state index contributed by atoms with van der Waals surface area (Å²) in [5, 5.41) is 7.23. The van der Waals surface area contributed by atoms with E-state index in [9.17, 15) is 0 Å². The monoisotopic (exact) mass is 181 g/mol. The normalized spacial score (nSPS) is 19.1. The summed E-state index contributed by atoms with van der Waals surface area (Å²) in [7, 11) is 0. The lowest BCUT2D eigenvalue weighted by molar-refractivity contribution is 0.358. The highest BCUT2D eigenvalue weighted by molar-refractivity contribution is 5.24. The van der Waals surface area contributed by atoms with Gasteiger partial charge in [-0.15, -0.1) is 0 Å². The molecule has 0 atom stereocenters. The quantitative estimate of drug-likeness (QED) is 0.708. The van der Waals surface area contributed by atoms with Crippen LogP contribution in [0.15, 0.2) is 10.6 Å². The first-order valence-corrected chi connectivity index (χ1v) is 4.76. The molecular formula is C9H15N3O. The van der Waals surface area contributed by atoms with E-state index in [0.29, 0.717) is 5.88 Å². The van der Waals surface area contributed by atoms with Gasteiger partial charge in [0.25, 0.3) is 0 Å². The van der Waals surface area contributed by atoms with Gasteiger partial charge in [0, 0.05) is 6.07 Å². The van der Waals surface area contributed by atoms with Crippen molar-refractivity contribution in [3.63, 3.8) is 0 Å². The van der Waals surface area contributed by atoms with Crippen LogP contribution in [0, 0.1) is 5.92 Å². The van der Waals surface area contributed by atoms with Crippen molar-refractivity contribution in [2.24, 2.45) is 5.92 Å². The summed E-state index contributed by atoms with van der Waals surface area (Å²) in [5.41, 5.74) is 6.43. The van der Waals surface area contributed by atoms with Gasteiger partial charge in [-0.3, -0.25) is 0 Å². The van der Waals surface area contributed by atoms with Gasteiger partial charge < -0.3 is 15.6 Å². The molecule has 2 rings (SSSR count). The fourth-order valence-corrected chi connectivity index (χ4v) is 1.81. The SMILES string of the molecule is Nc1cc(CC2CCNCC2)no1. The molecule has 13 heavy (non-hydrogen) atoms. The molecule has 4 nitrogen and oxygen atoms in total. The van der Waals surface area contributed by atoms with Crippen molar-refractivity contribution in [1.29, 1.82) is 0 Å². The second-order valence-electron chi connectivity index (χ2n) is 3.62. The molecule has 1 aromatic rings. The van der Waals surface area contributed by atoms with Crippen molar-refractivity contribution in [3.8, 4) is 0 Å². The Morgan fingerprint density at radius 2 is 2.31 bits per heavy atom. The third-order valence-corrected chi connectivity index (χ3v) is 2.53. The summed E-state index contributed by atoms with van der Waals surface area (Å²) in [5.74, 6) is 1.16. The Kier molecular flexibility index (Phi) is 2.49. The maximum atomic E-state index is 5.44. The number of aromatic nitrogens is 1. The Hall–Kier alpha value is -1.03. The maximum Gasteiger partial charge on any atom is 0.222 e. The van der Waals surface area contributed by atoms with Crippen molar-refractivity contribution >= 4 is 5.88 Å². The van der Waals surface area contributed by atoms with Crippen LogP contribution >= 0.6 is 0 Å². The summed E-state index contributed by atoms with van der Waals surface area (Å²) in [4.78, 5) is 0. The molecule has 0 unspecified atom stereocenters. The maximum absolute atomic E-state index is 5.44. The van der Waals surface area contributed by atoms with Crippen LogP contribution in [0.5, 0.6) is 0 Å². The predicted molar refractivity (Wildman–Crippen MR) is 50.2 cm³/mol. The zero-order valence-electron chi connectivity index (χ0n) is 7.62. The number of nitrogens with one attached hydrogen (secondary N) is 1. The topological polar surface area (TPSA) is 64.1 Å². The van der Waals surface area contributed by atoms with Crippen LogP contribution in [0.3, 0.4) is 0 Å². The van der Waals surface area contributed by atoms with Crippen molar-refractivity contribution in [3.05, 3.63) is 11.8 Å². The molecule has 0 bridgehead atoms. The molecule has 72 valence electrons. The van der Waals surface area contributed by atoms with Gasteiger partial charge in [0.1, 0.15) is 0 Å². The zero-order chi connectivity index (χ0) is 9.10. The number of piperidine rings is 1. The molecule has 1 aromatic heterocycles. The number of nitrogens with zero attached hydrogens (tertiary/aromatic N) is 1. The van der Waals surface area contributed by atoms with Gasteiger partial charge in [0.2, 0.25) is 5.88 Å². The highest BCUT2D eigenvalue weighted by Gasteiger charge is 2.15. The fraction of sp³-hybridized carbons (Fsp3) is 0.667. The van der Waals surface area contributed by atoms with Crippen LogP contribution in [0.1, 0.15) is 18.5 Å². The third kappa shape index (κ3) is 2.21. The molecule has 2 heterocycles. The van der Waals surface area contributed by atoms with Gasteiger partial charge in [0.05, 0.1) is 5.69 Å². The summed E-state index contributed by atoms with van der Waals surface area (Å²) < 4.78 is 4.82. The molecule has 0 aliphatic carbocycles. The second kappa shape index (κ2) is 3.79. The van der Waals surface area contributed by atoms with Gasteiger partial charge >= 0.3 is 0 Å². The van der Waals surface area contributed by atoms with E-state index in [1.54, 1.807) is 0 Å². The number of anilines is 1. The molecule has 4 heteroatoms. The Balaban J connectivity index is 1.89. The average Bonchev–Trinajstić information content (AvgIpc) is 2.53. The van der Waals surface area contributed by atoms with E-state index in [1.165, 1.54) is 12.8 Å². The molecule has 1 aliphatic rings. The first-order valence-electron chi connectivity index (χ1n) is 4.76. The lowest BCUT2D eigenvalue weighted by Crippen LogP contribution is -2.28. The second-order valence-corrected chi connectivity index (χ2v) is 3.62. The molecule has 0 aromatic carbocycles. The fourth-order valence-electron chi connectivity index (χ4n) is 1.81. The smallest absolute Gasteiger partial charge is 0.222 e. The predicted octanol–water partition coefficient (Wildman–Crippen LogP) is 0.799. The first kappa shape index (κ1) is 8.56. The number of rotatable bonds is 2. The molecule has 1 saturated heterocycles. The molecule has 1 aliphatic heterocycles. The molecule has 1 fully saturated rings. The van der Waals surface area contributed by atoms with Crippen molar-refractivity contribution in [1.82, 2.24) is 10.5 Å². The number of hydrogen-bond donors (Lipinski definition) is 2. The van der Waals surface area contributed by atoms with Crippen molar-refractivity contribution in [2.45, 2.75) is 19.3 Å². The van der Waals surface area contributed by atoms with Crippen LogP contribution in [-0.4, -0.2) is 18.2 Å². The van der Waals surface area contributed by atoms with Crippen LogP contribution in [-0.2, 0) is 6.42 Å². The minimum absolute atomic E-state index is 0.420. The molecule has 0 spiro atoms. The van der Waals surface area contributed by atoms with E-state index < -0.39 is 0 Å². The first-order chi connectivity index (χ1) is 6.34. The molecular weight excluding hydrogens is 166 g/mol. The number of hydrogen-bond acceptors (Lipinski definition) is 4. The largest absolute Gasteiger partial charge is 0.368 e. The Bertz CT molecular complexity index is 266. The van der Waals surface area contributed by atoms with Gasteiger partial charge in [-0.25, -0.2) is 0 Å². The molecule has 3 N–H and O–H groups in total. The molecule has 0 amide bonds. The minimum Gasteiger partial charge on any atom is -0.368 e. The summed E-state index contributed by atoms with van der Waals surface area (Å²) >= 11 is 0.